The normalized spacial score (nSPS) is 14.2. The SMILES string of the molecule is CC(=N)n1c(=N)nc(N2CCOCc3c(C#CC(C)(C)C(F)(F)F)cccc32)c2c(F)cccc21. The van der Waals surface area contributed by atoms with Gasteiger partial charge < -0.3 is 9.64 Å². The summed E-state index contributed by atoms with van der Waals surface area (Å²) in [6.45, 7) is 4.11. The fourth-order valence-corrected chi connectivity index (χ4v) is 3.84. The smallest absolute Gasteiger partial charge is 0.375 e. The molecule has 0 bridgehead atoms. The predicted octanol–water partition coefficient (Wildman–Crippen LogP) is 5.11. The van der Waals surface area contributed by atoms with Crippen LogP contribution in [-0.4, -0.2) is 34.7 Å². The first-order valence-corrected chi connectivity index (χ1v) is 10.8. The van der Waals surface area contributed by atoms with Crippen molar-refractivity contribution in [2.45, 2.75) is 33.6 Å². The van der Waals surface area contributed by atoms with Crippen LogP contribution in [0.2, 0.25) is 0 Å². The third-order valence-corrected chi connectivity index (χ3v) is 5.84. The lowest BCUT2D eigenvalue weighted by Crippen LogP contribution is -2.32. The molecule has 0 amide bonds. The zero-order valence-corrected chi connectivity index (χ0v) is 19.3. The zero-order valence-electron chi connectivity index (χ0n) is 19.3. The standard InChI is InChI=1S/C25H23F4N5O/c1-15(30)34-20-9-5-7-18(26)21(20)22(32-23(34)31)33-12-13-35-14-17-16(6-4-8-19(17)33)10-11-24(2,3)25(27,28)29/h4-9,30-31H,12-14H2,1-3H3. The van der Waals surface area contributed by atoms with Crippen LogP contribution in [0.4, 0.5) is 29.1 Å². The minimum atomic E-state index is -4.49. The van der Waals surface area contributed by atoms with Gasteiger partial charge in [0.2, 0.25) is 5.62 Å². The Morgan fingerprint density at radius 3 is 2.54 bits per heavy atom. The Morgan fingerprint density at radius 2 is 1.86 bits per heavy atom. The second kappa shape index (κ2) is 8.82. The van der Waals surface area contributed by atoms with Crippen LogP contribution >= 0.6 is 0 Å². The highest BCUT2D eigenvalue weighted by molar-refractivity contribution is 5.98. The molecule has 1 aromatic heterocycles. The van der Waals surface area contributed by atoms with Gasteiger partial charge in [-0.3, -0.25) is 15.4 Å². The van der Waals surface area contributed by atoms with Crippen LogP contribution in [0.25, 0.3) is 10.9 Å². The van der Waals surface area contributed by atoms with Crippen molar-refractivity contribution in [1.29, 1.82) is 10.8 Å². The number of hydrogen-bond donors (Lipinski definition) is 2. The molecule has 4 rings (SSSR count). The summed E-state index contributed by atoms with van der Waals surface area (Å²) < 4.78 is 62.0. The van der Waals surface area contributed by atoms with E-state index >= 15 is 4.39 Å². The molecule has 0 unspecified atom stereocenters. The van der Waals surface area contributed by atoms with Gasteiger partial charge in [0.25, 0.3) is 0 Å². The summed E-state index contributed by atoms with van der Waals surface area (Å²) in [7, 11) is 0. The molecule has 0 aliphatic carbocycles. The Balaban J connectivity index is 1.94. The van der Waals surface area contributed by atoms with E-state index < -0.39 is 17.4 Å². The molecule has 2 heterocycles. The molecule has 182 valence electrons. The number of hydrogen-bond acceptors (Lipinski definition) is 5. The van der Waals surface area contributed by atoms with Gasteiger partial charge in [-0.2, -0.15) is 18.2 Å². The topological polar surface area (TPSA) is 78.0 Å². The average Bonchev–Trinajstić information content (AvgIpc) is 2.99. The Hall–Kier alpha value is -3.71. The fraction of sp³-hybridized carbons (Fsp3) is 0.320. The maximum absolute atomic E-state index is 15.1. The molecule has 10 heteroatoms. The fourth-order valence-electron chi connectivity index (χ4n) is 3.84. The Morgan fingerprint density at radius 1 is 1.14 bits per heavy atom. The van der Waals surface area contributed by atoms with Gasteiger partial charge in [0.05, 0.1) is 24.1 Å². The minimum Gasteiger partial charge on any atom is -0.375 e. The first kappa shape index (κ1) is 24.4. The molecule has 0 spiro atoms. The van der Waals surface area contributed by atoms with Crippen molar-refractivity contribution >= 4 is 28.2 Å². The number of benzene rings is 2. The summed E-state index contributed by atoms with van der Waals surface area (Å²) >= 11 is 0. The van der Waals surface area contributed by atoms with E-state index in [1.807, 2.05) is 0 Å². The lowest BCUT2D eigenvalue weighted by molar-refractivity contribution is -0.190. The summed E-state index contributed by atoms with van der Waals surface area (Å²) in [5.41, 5.74) is -0.681. The number of anilines is 2. The molecule has 2 aromatic carbocycles. The second-order valence-electron chi connectivity index (χ2n) is 8.69. The molecule has 0 saturated heterocycles. The van der Waals surface area contributed by atoms with Crippen molar-refractivity contribution in [2.75, 3.05) is 18.1 Å². The molecule has 6 nitrogen and oxygen atoms in total. The number of alkyl halides is 3. The zero-order chi connectivity index (χ0) is 25.5. The van der Waals surface area contributed by atoms with Gasteiger partial charge in [0.15, 0.2) is 0 Å². The Labute approximate surface area is 199 Å². The third-order valence-electron chi connectivity index (χ3n) is 5.84. The first-order valence-electron chi connectivity index (χ1n) is 10.8. The van der Waals surface area contributed by atoms with E-state index in [9.17, 15) is 13.2 Å². The minimum absolute atomic E-state index is 0.00842. The van der Waals surface area contributed by atoms with E-state index in [0.29, 0.717) is 22.3 Å². The van der Waals surface area contributed by atoms with Crippen LogP contribution < -0.4 is 10.5 Å². The number of nitrogens with one attached hydrogen (secondary N) is 2. The lowest BCUT2D eigenvalue weighted by atomic mass is 9.92. The van der Waals surface area contributed by atoms with Gasteiger partial charge in [-0.1, -0.05) is 24.0 Å². The van der Waals surface area contributed by atoms with Crippen molar-refractivity contribution in [3.63, 3.8) is 0 Å². The summed E-state index contributed by atoms with van der Waals surface area (Å²) in [4.78, 5) is 6.02. The number of aromatic nitrogens is 2. The van der Waals surface area contributed by atoms with Gasteiger partial charge in [0, 0.05) is 23.4 Å². The predicted molar refractivity (Wildman–Crippen MR) is 124 cm³/mol. The maximum atomic E-state index is 15.1. The maximum Gasteiger partial charge on any atom is 0.404 e. The average molecular weight is 485 g/mol. The summed E-state index contributed by atoms with van der Waals surface area (Å²) in [5.74, 6) is 4.58. The van der Waals surface area contributed by atoms with Crippen LogP contribution in [0, 0.1) is 33.9 Å². The van der Waals surface area contributed by atoms with Crippen LogP contribution in [0.1, 0.15) is 31.9 Å². The number of halogens is 4. The van der Waals surface area contributed by atoms with Crippen LogP contribution in [0.15, 0.2) is 36.4 Å². The third kappa shape index (κ3) is 4.39. The largest absolute Gasteiger partial charge is 0.404 e. The quantitative estimate of drug-likeness (QED) is 0.218. The summed E-state index contributed by atoms with van der Waals surface area (Å²) in [5, 5.41) is 16.5. The Kier molecular flexibility index (Phi) is 6.15. The molecule has 0 atom stereocenters. The number of fused-ring (bicyclic) bond motifs is 2. The van der Waals surface area contributed by atoms with Crippen LogP contribution in [-0.2, 0) is 11.3 Å². The van der Waals surface area contributed by atoms with E-state index in [4.69, 9.17) is 15.6 Å². The number of ether oxygens (including phenoxy) is 1. The van der Waals surface area contributed by atoms with E-state index in [1.54, 1.807) is 29.2 Å². The van der Waals surface area contributed by atoms with Crippen LogP contribution in [0.5, 0.6) is 0 Å². The van der Waals surface area contributed by atoms with E-state index in [1.165, 1.54) is 23.6 Å². The van der Waals surface area contributed by atoms with Crippen LogP contribution in [0.3, 0.4) is 0 Å². The van der Waals surface area contributed by atoms with Gasteiger partial charge in [-0.05, 0) is 45.0 Å². The summed E-state index contributed by atoms with van der Waals surface area (Å²) in [6.07, 6.45) is -4.49. The van der Waals surface area contributed by atoms with Crippen molar-refractivity contribution < 1.29 is 22.3 Å². The molecular weight excluding hydrogens is 462 g/mol. The number of rotatable bonds is 1. The van der Waals surface area contributed by atoms with Crippen molar-refractivity contribution in [1.82, 2.24) is 9.55 Å². The van der Waals surface area contributed by atoms with Gasteiger partial charge in [0.1, 0.15) is 22.9 Å². The van der Waals surface area contributed by atoms with Gasteiger partial charge in [-0.15, -0.1) is 0 Å². The highest BCUT2D eigenvalue weighted by Gasteiger charge is 2.46. The summed E-state index contributed by atoms with van der Waals surface area (Å²) in [6, 6.07) is 9.39. The lowest BCUT2D eigenvalue weighted by Gasteiger charge is -2.26. The van der Waals surface area contributed by atoms with E-state index in [0.717, 1.165) is 13.8 Å². The van der Waals surface area contributed by atoms with Crippen molar-refractivity contribution in [2.24, 2.45) is 5.41 Å². The van der Waals surface area contributed by atoms with Crippen molar-refractivity contribution in [3.8, 4) is 11.8 Å². The molecule has 1 aliphatic heterocycles. The molecule has 2 N–H and O–H groups in total. The molecule has 0 radical (unpaired) electrons. The van der Waals surface area contributed by atoms with Crippen molar-refractivity contribution in [3.05, 3.63) is 59.0 Å². The highest BCUT2D eigenvalue weighted by atomic mass is 19.4. The van der Waals surface area contributed by atoms with E-state index in [-0.39, 0.29) is 42.4 Å². The molecule has 3 aromatic rings. The second-order valence-corrected chi connectivity index (χ2v) is 8.69. The molecule has 1 aliphatic rings. The molecule has 0 saturated carbocycles. The number of nitrogens with zero attached hydrogens (tertiary/aromatic N) is 3. The van der Waals surface area contributed by atoms with E-state index in [2.05, 4.69) is 16.8 Å². The molecule has 0 fully saturated rings. The van der Waals surface area contributed by atoms with Gasteiger partial charge >= 0.3 is 6.18 Å². The first-order chi connectivity index (χ1) is 16.4. The van der Waals surface area contributed by atoms with Gasteiger partial charge in [-0.25, -0.2) is 4.39 Å². The Bertz CT molecular complexity index is 1450. The monoisotopic (exact) mass is 485 g/mol. The highest BCUT2D eigenvalue weighted by Crippen LogP contribution is 2.38. The molecule has 35 heavy (non-hydrogen) atoms. The molecular formula is C25H23F4N5O.